The summed E-state index contributed by atoms with van der Waals surface area (Å²) in [6.45, 7) is 2.46. The van der Waals surface area contributed by atoms with Crippen LogP contribution in [0.3, 0.4) is 0 Å². The van der Waals surface area contributed by atoms with Crippen LogP contribution in [0.2, 0.25) is 0 Å². The molecule has 1 fully saturated rings. The highest BCUT2D eigenvalue weighted by Crippen LogP contribution is 2.19. The van der Waals surface area contributed by atoms with Gasteiger partial charge in [-0.3, -0.25) is 4.79 Å². The van der Waals surface area contributed by atoms with Gasteiger partial charge in [0.25, 0.3) is 0 Å². The molecule has 1 atom stereocenters. The third-order valence-electron chi connectivity index (χ3n) is 3.29. The molecule has 1 saturated heterocycles. The molecule has 0 aliphatic carbocycles. The summed E-state index contributed by atoms with van der Waals surface area (Å²) >= 11 is 0. The number of hydrogen-bond donors (Lipinski definition) is 0. The zero-order chi connectivity index (χ0) is 14.4. The minimum absolute atomic E-state index is 0.00509. The van der Waals surface area contributed by atoms with Crippen molar-refractivity contribution in [1.29, 1.82) is 0 Å². The molecule has 20 heavy (non-hydrogen) atoms. The summed E-state index contributed by atoms with van der Waals surface area (Å²) in [4.78, 5) is 24.7. The van der Waals surface area contributed by atoms with E-state index in [1.54, 1.807) is 11.0 Å². The Labute approximate surface area is 119 Å². The van der Waals surface area contributed by atoms with E-state index in [0.29, 0.717) is 6.54 Å². The lowest BCUT2D eigenvalue weighted by atomic mass is 10.2. The Morgan fingerprint density at radius 3 is 2.80 bits per heavy atom. The molecule has 1 amide bonds. The number of amides is 1. The highest BCUT2D eigenvalue weighted by atomic mass is 16.6. The van der Waals surface area contributed by atoms with Crippen molar-refractivity contribution in [3.8, 4) is 0 Å². The van der Waals surface area contributed by atoms with Crippen LogP contribution in [0.1, 0.15) is 25.3 Å². The molecule has 1 aliphatic heterocycles. The van der Waals surface area contributed by atoms with Gasteiger partial charge in [-0.2, -0.15) is 0 Å². The normalized spacial score (nSPS) is 18.4. The molecular weight excluding hydrogens is 254 g/mol. The molecule has 0 aromatic heterocycles. The maximum absolute atomic E-state index is 12.1. The van der Waals surface area contributed by atoms with Crippen molar-refractivity contribution in [3.05, 3.63) is 48.0 Å². The molecule has 0 radical (unpaired) electrons. The lowest BCUT2D eigenvalue weighted by Crippen LogP contribution is -2.34. The van der Waals surface area contributed by atoms with Gasteiger partial charge < -0.3 is 9.64 Å². The number of carbonyl (C=O) groups is 2. The summed E-state index contributed by atoms with van der Waals surface area (Å²) in [7, 11) is 0. The van der Waals surface area contributed by atoms with Gasteiger partial charge in [-0.1, -0.05) is 36.4 Å². The number of benzene rings is 1. The second-order valence-electron chi connectivity index (χ2n) is 4.91. The molecule has 0 spiro atoms. The van der Waals surface area contributed by atoms with Gasteiger partial charge in [-0.25, -0.2) is 4.79 Å². The van der Waals surface area contributed by atoms with E-state index in [4.69, 9.17) is 4.74 Å². The van der Waals surface area contributed by atoms with E-state index in [-0.39, 0.29) is 24.5 Å². The molecule has 0 N–H and O–H groups in total. The molecule has 0 unspecified atom stereocenters. The third-order valence-corrected chi connectivity index (χ3v) is 3.29. The van der Waals surface area contributed by atoms with Crippen molar-refractivity contribution >= 4 is 11.9 Å². The number of rotatable bonds is 4. The van der Waals surface area contributed by atoms with E-state index in [1.807, 2.05) is 30.3 Å². The molecule has 0 bridgehead atoms. The van der Waals surface area contributed by atoms with Crippen molar-refractivity contribution in [2.45, 2.75) is 32.4 Å². The summed E-state index contributed by atoms with van der Waals surface area (Å²) < 4.78 is 5.32. The number of likely N-dealkylation sites (tertiary alicyclic amines) is 1. The van der Waals surface area contributed by atoms with Gasteiger partial charge in [0.2, 0.25) is 0 Å². The predicted octanol–water partition coefficient (Wildman–Crippen LogP) is 2.93. The molecule has 1 aromatic rings. The van der Waals surface area contributed by atoms with Gasteiger partial charge in [0.15, 0.2) is 5.78 Å². The Morgan fingerprint density at radius 2 is 2.10 bits per heavy atom. The Kier molecular flexibility index (Phi) is 4.93. The van der Waals surface area contributed by atoms with E-state index in [0.717, 1.165) is 18.4 Å². The van der Waals surface area contributed by atoms with Crippen molar-refractivity contribution in [2.75, 3.05) is 6.54 Å². The van der Waals surface area contributed by atoms with Crippen LogP contribution in [0.25, 0.3) is 0 Å². The average Bonchev–Trinajstić information content (AvgIpc) is 2.92. The quantitative estimate of drug-likeness (QED) is 0.792. The molecule has 4 nitrogen and oxygen atoms in total. The van der Waals surface area contributed by atoms with Gasteiger partial charge in [-0.05, 0) is 31.4 Å². The van der Waals surface area contributed by atoms with Gasteiger partial charge in [0, 0.05) is 6.54 Å². The van der Waals surface area contributed by atoms with E-state index >= 15 is 0 Å². The molecule has 1 aliphatic rings. The lowest BCUT2D eigenvalue weighted by molar-refractivity contribution is -0.112. The summed E-state index contributed by atoms with van der Waals surface area (Å²) in [6, 6.07) is 9.57. The highest BCUT2D eigenvalue weighted by molar-refractivity contribution is 5.87. The maximum atomic E-state index is 12.1. The molecular formula is C16H19NO3. The number of ketones is 1. The van der Waals surface area contributed by atoms with E-state index < -0.39 is 0 Å². The van der Waals surface area contributed by atoms with Gasteiger partial charge in [0.05, 0.1) is 6.04 Å². The fraction of sp³-hybridized carbons (Fsp3) is 0.375. The van der Waals surface area contributed by atoms with Crippen molar-refractivity contribution in [3.63, 3.8) is 0 Å². The SMILES string of the molecule is CC(=O)C=C[C@@H]1CCCN1C(=O)OCc1ccccc1. The zero-order valence-corrected chi connectivity index (χ0v) is 11.6. The van der Waals surface area contributed by atoms with Crippen molar-refractivity contribution in [1.82, 2.24) is 4.90 Å². The molecule has 2 rings (SSSR count). The molecule has 1 heterocycles. The summed E-state index contributed by atoms with van der Waals surface area (Å²) in [5.74, 6) is -0.00509. The van der Waals surface area contributed by atoms with Gasteiger partial charge in [-0.15, -0.1) is 0 Å². The van der Waals surface area contributed by atoms with Crippen LogP contribution in [-0.4, -0.2) is 29.4 Å². The first kappa shape index (κ1) is 14.3. The summed E-state index contributed by atoms with van der Waals surface area (Å²) in [6.07, 6.45) is 4.81. The van der Waals surface area contributed by atoms with E-state index in [9.17, 15) is 9.59 Å². The Bertz CT molecular complexity index is 496. The fourth-order valence-electron chi connectivity index (χ4n) is 2.27. The minimum Gasteiger partial charge on any atom is -0.445 e. The molecule has 106 valence electrons. The number of allylic oxidation sites excluding steroid dienone is 1. The second kappa shape index (κ2) is 6.89. The number of ether oxygens (including phenoxy) is 1. The highest BCUT2D eigenvalue weighted by Gasteiger charge is 2.27. The second-order valence-corrected chi connectivity index (χ2v) is 4.91. The number of carbonyl (C=O) groups excluding carboxylic acids is 2. The smallest absolute Gasteiger partial charge is 0.410 e. The Hall–Kier alpha value is -2.10. The number of nitrogens with zero attached hydrogens (tertiary/aromatic N) is 1. The van der Waals surface area contributed by atoms with E-state index in [1.165, 1.54) is 13.0 Å². The third kappa shape index (κ3) is 3.95. The first-order chi connectivity index (χ1) is 9.66. The monoisotopic (exact) mass is 273 g/mol. The first-order valence-corrected chi connectivity index (χ1v) is 6.83. The molecule has 0 saturated carbocycles. The van der Waals surface area contributed by atoms with Crippen molar-refractivity contribution < 1.29 is 14.3 Å². The van der Waals surface area contributed by atoms with Crippen LogP contribution in [0.5, 0.6) is 0 Å². The fourth-order valence-corrected chi connectivity index (χ4v) is 2.27. The first-order valence-electron chi connectivity index (χ1n) is 6.83. The lowest BCUT2D eigenvalue weighted by Gasteiger charge is -2.21. The topological polar surface area (TPSA) is 46.6 Å². The molecule has 1 aromatic carbocycles. The molecule has 4 heteroatoms. The standard InChI is InChI=1S/C16H19NO3/c1-13(18)9-10-15-8-5-11-17(15)16(19)20-12-14-6-3-2-4-7-14/h2-4,6-7,9-10,15H,5,8,11-12H2,1H3/t15-/m0/s1. The van der Waals surface area contributed by atoms with Crippen LogP contribution >= 0.6 is 0 Å². The van der Waals surface area contributed by atoms with Crippen LogP contribution in [0.4, 0.5) is 4.79 Å². The van der Waals surface area contributed by atoms with E-state index in [2.05, 4.69) is 0 Å². The van der Waals surface area contributed by atoms with Crippen LogP contribution in [0.15, 0.2) is 42.5 Å². The summed E-state index contributed by atoms with van der Waals surface area (Å²) in [5, 5.41) is 0. The average molecular weight is 273 g/mol. The summed E-state index contributed by atoms with van der Waals surface area (Å²) in [5.41, 5.74) is 0.968. The Morgan fingerprint density at radius 1 is 1.35 bits per heavy atom. The van der Waals surface area contributed by atoms with Gasteiger partial charge in [0.1, 0.15) is 6.61 Å². The zero-order valence-electron chi connectivity index (χ0n) is 11.6. The minimum atomic E-state index is -0.315. The van der Waals surface area contributed by atoms with Crippen molar-refractivity contribution in [2.24, 2.45) is 0 Å². The maximum Gasteiger partial charge on any atom is 0.410 e. The largest absolute Gasteiger partial charge is 0.445 e. The Balaban J connectivity index is 1.89. The number of hydrogen-bond acceptors (Lipinski definition) is 3. The van der Waals surface area contributed by atoms with Crippen LogP contribution in [0, 0.1) is 0 Å². The van der Waals surface area contributed by atoms with Gasteiger partial charge >= 0.3 is 6.09 Å². The van der Waals surface area contributed by atoms with Crippen LogP contribution in [-0.2, 0) is 16.1 Å². The van der Waals surface area contributed by atoms with Crippen LogP contribution < -0.4 is 0 Å². The predicted molar refractivity (Wildman–Crippen MR) is 76.2 cm³/mol.